The van der Waals surface area contributed by atoms with Gasteiger partial charge >= 0.3 is 0 Å². The molecule has 1 heterocycles. The van der Waals surface area contributed by atoms with Gasteiger partial charge in [0.05, 0.1) is 0 Å². The summed E-state index contributed by atoms with van der Waals surface area (Å²) in [6.45, 7) is 0. The van der Waals surface area contributed by atoms with Crippen molar-refractivity contribution in [1.29, 1.82) is 0 Å². The molecular weight excluding hydrogens is 158 g/mol. The summed E-state index contributed by atoms with van der Waals surface area (Å²) in [5.74, 6) is 6.21. The number of rotatable bonds is 0. The van der Waals surface area contributed by atoms with Crippen LogP contribution in [0.15, 0.2) is 48.3 Å². The van der Waals surface area contributed by atoms with E-state index in [9.17, 15) is 0 Å². The molecule has 1 nitrogen and oxygen atoms in total. The largest absolute Gasteiger partial charge is 0.265 e. The topological polar surface area (TPSA) is 12.9 Å². The Labute approximate surface area is 77.8 Å². The van der Waals surface area contributed by atoms with Gasteiger partial charge in [-0.1, -0.05) is 30.1 Å². The Morgan fingerprint density at radius 3 is 2.69 bits per heavy atom. The normalized spacial score (nSPS) is 13.4. The fourth-order valence-corrected chi connectivity index (χ4v) is 1.13. The highest BCUT2D eigenvalue weighted by Gasteiger charge is 1.92. The van der Waals surface area contributed by atoms with Gasteiger partial charge in [0, 0.05) is 23.5 Å². The lowest BCUT2D eigenvalue weighted by Gasteiger charge is -1.87. The molecule has 0 aromatic carbocycles. The van der Waals surface area contributed by atoms with Crippen molar-refractivity contribution >= 4 is 0 Å². The first-order chi connectivity index (χ1) is 6.45. The van der Waals surface area contributed by atoms with Crippen LogP contribution in [0.2, 0.25) is 0 Å². The Bertz CT molecular complexity index is 402. The van der Waals surface area contributed by atoms with Gasteiger partial charge in [-0.25, -0.2) is 0 Å². The lowest BCUT2D eigenvalue weighted by Crippen LogP contribution is -1.75. The minimum absolute atomic E-state index is 0.970. The summed E-state index contributed by atoms with van der Waals surface area (Å²) < 4.78 is 0. The van der Waals surface area contributed by atoms with Crippen molar-refractivity contribution in [2.75, 3.05) is 0 Å². The molecule has 0 bridgehead atoms. The smallest absolute Gasteiger partial charge is 0.0280 e. The van der Waals surface area contributed by atoms with Crippen molar-refractivity contribution in [2.24, 2.45) is 0 Å². The van der Waals surface area contributed by atoms with E-state index in [1.54, 1.807) is 12.4 Å². The summed E-state index contributed by atoms with van der Waals surface area (Å²) in [6.07, 6.45) is 10.7. The Hall–Kier alpha value is -1.81. The number of hydrogen-bond acceptors (Lipinski definition) is 1. The molecule has 1 aromatic heterocycles. The molecule has 0 unspecified atom stereocenters. The van der Waals surface area contributed by atoms with Crippen LogP contribution in [0.3, 0.4) is 0 Å². The second-order valence-corrected chi connectivity index (χ2v) is 2.81. The van der Waals surface area contributed by atoms with E-state index in [1.165, 1.54) is 5.57 Å². The summed E-state index contributed by atoms with van der Waals surface area (Å²) >= 11 is 0. The zero-order chi connectivity index (χ0) is 8.93. The van der Waals surface area contributed by atoms with Crippen LogP contribution in [0, 0.1) is 11.8 Å². The molecule has 0 spiro atoms. The third-order valence-corrected chi connectivity index (χ3v) is 1.82. The quantitative estimate of drug-likeness (QED) is 0.540. The maximum atomic E-state index is 3.93. The monoisotopic (exact) mass is 167 g/mol. The van der Waals surface area contributed by atoms with Gasteiger partial charge in [0.2, 0.25) is 0 Å². The number of pyridine rings is 1. The molecule has 1 aromatic rings. The highest BCUT2D eigenvalue weighted by Crippen LogP contribution is 2.08. The Morgan fingerprint density at radius 2 is 2.00 bits per heavy atom. The van der Waals surface area contributed by atoms with Crippen molar-refractivity contribution in [3.8, 4) is 11.8 Å². The first kappa shape index (κ1) is 7.82. The van der Waals surface area contributed by atoms with E-state index >= 15 is 0 Å². The van der Waals surface area contributed by atoms with Crippen LogP contribution < -0.4 is 0 Å². The second-order valence-electron chi connectivity index (χ2n) is 2.81. The lowest BCUT2D eigenvalue weighted by atomic mass is 10.2. The zero-order valence-corrected chi connectivity index (χ0v) is 7.20. The highest BCUT2D eigenvalue weighted by atomic mass is 14.6. The predicted molar refractivity (Wildman–Crippen MR) is 53.0 cm³/mol. The number of nitrogens with zero attached hydrogens (tertiary/aromatic N) is 1. The standard InChI is InChI=1S/C12H9N/c1-2-4-11(3-1)5-6-12-7-9-13-10-8-12/h1-3,7-10H,4H2. The molecule has 0 aliphatic heterocycles. The molecule has 0 N–H and O–H groups in total. The van der Waals surface area contributed by atoms with Crippen LogP contribution in [0.25, 0.3) is 0 Å². The summed E-state index contributed by atoms with van der Waals surface area (Å²) in [7, 11) is 0. The van der Waals surface area contributed by atoms with Crippen LogP contribution in [0.1, 0.15) is 12.0 Å². The number of allylic oxidation sites excluding steroid dienone is 4. The summed E-state index contributed by atoms with van der Waals surface area (Å²) in [5, 5.41) is 0. The first-order valence-corrected chi connectivity index (χ1v) is 4.23. The third kappa shape index (κ3) is 2.07. The van der Waals surface area contributed by atoms with Crippen molar-refractivity contribution in [1.82, 2.24) is 4.98 Å². The van der Waals surface area contributed by atoms with Gasteiger partial charge in [-0.15, -0.1) is 0 Å². The predicted octanol–water partition coefficient (Wildman–Crippen LogP) is 2.32. The van der Waals surface area contributed by atoms with E-state index in [0.717, 1.165) is 12.0 Å². The molecule has 0 atom stereocenters. The molecule has 0 amide bonds. The van der Waals surface area contributed by atoms with E-state index in [0.29, 0.717) is 0 Å². The lowest BCUT2D eigenvalue weighted by molar-refractivity contribution is 1.32. The Balaban J connectivity index is 2.13. The Morgan fingerprint density at radius 1 is 1.15 bits per heavy atom. The van der Waals surface area contributed by atoms with Crippen molar-refractivity contribution in [3.63, 3.8) is 0 Å². The Kier molecular flexibility index (Phi) is 2.24. The molecule has 2 rings (SSSR count). The molecule has 0 radical (unpaired) electrons. The highest BCUT2D eigenvalue weighted by molar-refractivity contribution is 5.43. The first-order valence-electron chi connectivity index (χ1n) is 4.23. The average molecular weight is 167 g/mol. The van der Waals surface area contributed by atoms with Gasteiger partial charge in [0.1, 0.15) is 0 Å². The summed E-state index contributed by atoms with van der Waals surface area (Å²) in [5.41, 5.74) is 2.19. The molecule has 1 aliphatic rings. The fourth-order valence-electron chi connectivity index (χ4n) is 1.13. The van der Waals surface area contributed by atoms with Gasteiger partial charge in [-0.3, -0.25) is 4.98 Å². The molecule has 62 valence electrons. The van der Waals surface area contributed by atoms with E-state index in [4.69, 9.17) is 0 Å². The maximum Gasteiger partial charge on any atom is 0.0280 e. The van der Waals surface area contributed by atoms with Gasteiger partial charge in [0.25, 0.3) is 0 Å². The molecule has 13 heavy (non-hydrogen) atoms. The minimum Gasteiger partial charge on any atom is -0.265 e. The van der Waals surface area contributed by atoms with Crippen molar-refractivity contribution in [2.45, 2.75) is 6.42 Å². The average Bonchev–Trinajstić information content (AvgIpc) is 2.69. The summed E-state index contributed by atoms with van der Waals surface area (Å²) in [6, 6.07) is 3.83. The number of aromatic nitrogens is 1. The van der Waals surface area contributed by atoms with Gasteiger partial charge in [-0.2, -0.15) is 0 Å². The van der Waals surface area contributed by atoms with Crippen LogP contribution >= 0.6 is 0 Å². The SMILES string of the molecule is C(#Cc1ccncc1)C1=CC=CC1. The van der Waals surface area contributed by atoms with Crippen LogP contribution in [0.5, 0.6) is 0 Å². The van der Waals surface area contributed by atoms with Crippen LogP contribution in [0.4, 0.5) is 0 Å². The maximum absolute atomic E-state index is 3.93. The van der Waals surface area contributed by atoms with Gasteiger partial charge < -0.3 is 0 Å². The van der Waals surface area contributed by atoms with E-state index in [1.807, 2.05) is 24.3 Å². The molecule has 0 fully saturated rings. The van der Waals surface area contributed by atoms with E-state index < -0.39 is 0 Å². The molecule has 1 heteroatoms. The summed E-state index contributed by atoms with van der Waals surface area (Å²) in [4.78, 5) is 3.93. The minimum atomic E-state index is 0.970. The molecule has 1 aliphatic carbocycles. The molecule has 0 saturated heterocycles. The van der Waals surface area contributed by atoms with E-state index in [2.05, 4.69) is 22.9 Å². The van der Waals surface area contributed by atoms with Crippen LogP contribution in [-0.2, 0) is 0 Å². The second kappa shape index (κ2) is 3.73. The molecular formula is C12H9N. The van der Waals surface area contributed by atoms with Crippen molar-refractivity contribution < 1.29 is 0 Å². The van der Waals surface area contributed by atoms with Crippen molar-refractivity contribution in [3.05, 3.63) is 53.9 Å². The van der Waals surface area contributed by atoms with Gasteiger partial charge in [0.15, 0.2) is 0 Å². The van der Waals surface area contributed by atoms with Crippen LogP contribution in [-0.4, -0.2) is 4.98 Å². The molecule has 0 saturated carbocycles. The van der Waals surface area contributed by atoms with E-state index in [-0.39, 0.29) is 0 Å². The van der Waals surface area contributed by atoms with Gasteiger partial charge in [-0.05, 0) is 18.6 Å². The fraction of sp³-hybridized carbons (Fsp3) is 0.0833. The zero-order valence-electron chi connectivity index (χ0n) is 7.20. The number of hydrogen-bond donors (Lipinski definition) is 0. The third-order valence-electron chi connectivity index (χ3n) is 1.82.